The minimum atomic E-state index is -4.28. The van der Waals surface area contributed by atoms with E-state index in [0.29, 0.717) is 6.54 Å². The van der Waals surface area contributed by atoms with Gasteiger partial charge in [-0.05, 0) is 33.3 Å². The Morgan fingerprint density at radius 3 is 2.38 bits per heavy atom. The third-order valence-corrected chi connectivity index (χ3v) is 2.98. The molecule has 0 fully saturated rings. The second kappa shape index (κ2) is 7.27. The largest absolute Gasteiger partial charge is 0.411 e. The Kier molecular flexibility index (Phi) is 6.23. The zero-order valence-corrected chi connectivity index (χ0v) is 13.1. The highest BCUT2D eigenvalue weighted by atomic mass is 19.4. The van der Waals surface area contributed by atoms with Crippen molar-refractivity contribution in [3.63, 3.8) is 0 Å². The van der Waals surface area contributed by atoms with Crippen molar-refractivity contribution in [2.75, 3.05) is 19.8 Å². The fraction of sp³-hybridized carbons (Fsp3) is 0.625. The van der Waals surface area contributed by atoms with Crippen LogP contribution in [0, 0.1) is 6.92 Å². The van der Waals surface area contributed by atoms with E-state index in [-0.39, 0.29) is 18.1 Å². The van der Waals surface area contributed by atoms with Crippen molar-refractivity contribution in [3.05, 3.63) is 35.4 Å². The predicted octanol–water partition coefficient (Wildman–Crippen LogP) is 4.05. The first-order chi connectivity index (χ1) is 9.57. The molecular weight excluding hydrogens is 279 g/mol. The topological polar surface area (TPSA) is 21.3 Å². The van der Waals surface area contributed by atoms with E-state index < -0.39 is 12.8 Å². The Bertz CT molecular complexity index is 438. The summed E-state index contributed by atoms with van der Waals surface area (Å²) < 4.78 is 41.5. The van der Waals surface area contributed by atoms with Crippen molar-refractivity contribution in [2.45, 2.75) is 45.3 Å². The molecule has 1 rings (SSSR count). The van der Waals surface area contributed by atoms with Gasteiger partial charge in [-0.1, -0.05) is 29.8 Å². The molecule has 0 heterocycles. The number of hydrogen-bond acceptors (Lipinski definition) is 2. The fourth-order valence-corrected chi connectivity index (χ4v) is 1.94. The van der Waals surface area contributed by atoms with Crippen LogP contribution in [0.2, 0.25) is 0 Å². The van der Waals surface area contributed by atoms with E-state index in [4.69, 9.17) is 4.74 Å². The number of ether oxygens (including phenoxy) is 1. The molecule has 0 spiro atoms. The quantitative estimate of drug-likeness (QED) is 0.856. The van der Waals surface area contributed by atoms with Crippen LogP contribution in [-0.2, 0) is 4.74 Å². The summed E-state index contributed by atoms with van der Waals surface area (Å²) in [6, 6.07) is 7.80. The van der Waals surface area contributed by atoms with Gasteiger partial charge in [-0.15, -0.1) is 0 Å². The van der Waals surface area contributed by atoms with E-state index in [2.05, 4.69) is 5.32 Å². The maximum atomic E-state index is 12.2. The van der Waals surface area contributed by atoms with Gasteiger partial charge < -0.3 is 10.1 Å². The molecule has 0 amide bonds. The molecule has 0 aliphatic heterocycles. The second-order valence-corrected chi connectivity index (χ2v) is 6.37. The Hall–Kier alpha value is -1.07. The van der Waals surface area contributed by atoms with Gasteiger partial charge in [0.2, 0.25) is 0 Å². The van der Waals surface area contributed by atoms with Crippen LogP contribution in [0.25, 0.3) is 0 Å². The van der Waals surface area contributed by atoms with E-state index in [0.717, 1.165) is 11.1 Å². The fourth-order valence-electron chi connectivity index (χ4n) is 1.94. The first-order valence-corrected chi connectivity index (χ1v) is 7.03. The lowest BCUT2D eigenvalue weighted by Crippen LogP contribution is -2.39. The summed E-state index contributed by atoms with van der Waals surface area (Å²) in [5.41, 5.74) is 1.99. The summed E-state index contributed by atoms with van der Waals surface area (Å²) in [5, 5.41) is 3.33. The van der Waals surface area contributed by atoms with Crippen LogP contribution in [0.4, 0.5) is 13.2 Å². The molecule has 1 atom stereocenters. The molecule has 120 valence electrons. The Morgan fingerprint density at radius 2 is 1.86 bits per heavy atom. The number of alkyl halides is 3. The van der Waals surface area contributed by atoms with Crippen molar-refractivity contribution in [2.24, 2.45) is 0 Å². The molecule has 1 N–H and O–H groups in total. The Labute approximate surface area is 124 Å². The first kappa shape index (κ1) is 18.0. The summed E-state index contributed by atoms with van der Waals surface area (Å²) in [6.07, 6.45) is -4.28. The molecule has 21 heavy (non-hydrogen) atoms. The van der Waals surface area contributed by atoms with Crippen LogP contribution < -0.4 is 5.32 Å². The van der Waals surface area contributed by atoms with Crippen molar-refractivity contribution in [3.8, 4) is 0 Å². The van der Waals surface area contributed by atoms with Gasteiger partial charge in [0.05, 0.1) is 6.61 Å². The maximum absolute atomic E-state index is 12.2. The SMILES string of the molecule is Cc1cccc(C(CNC(C)(C)C)COCC(F)(F)F)c1. The lowest BCUT2D eigenvalue weighted by molar-refractivity contribution is -0.174. The summed E-state index contributed by atoms with van der Waals surface area (Å²) in [5.74, 6) is -0.105. The van der Waals surface area contributed by atoms with E-state index in [1.807, 2.05) is 52.0 Å². The smallest absolute Gasteiger partial charge is 0.371 e. The molecule has 0 aliphatic carbocycles. The summed E-state index contributed by atoms with van der Waals surface area (Å²) in [4.78, 5) is 0. The van der Waals surface area contributed by atoms with Gasteiger partial charge in [-0.25, -0.2) is 0 Å². The van der Waals surface area contributed by atoms with Crippen LogP contribution >= 0.6 is 0 Å². The normalized spacial score (nSPS) is 14.2. The minimum absolute atomic E-state index is 0.0477. The van der Waals surface area contributed by atoms with Crippen molar-refractivity contribution < 1.29 is 17.9 Å². The van der Waals surface area contributed by atoms with Gasteiger partial charge in [-0.3, -0.25) is 0 Å². The van der Waals surface area contributed by atoms with E-state index in [9.17, 15) is 13.2 Å². The van der Waals surface area contributed by atoms with Gasteiger partial charge in [0, 0.05) is 18.0 Å². The van der Waals surface area contributed by atoms with Gasteiger partial charge in [0.25, 0.3) is 0 Å². The van der Waals surface area contributed by atoms with Crippen molar-refractivity contribution >= 4 is 0 Å². The zero-order valence-electron chi connectivity index (χ0n) is 13.1. The van der Waals surface area contributed by atoms with Gasteiger partial charge >= 0.3 is 6.18 Å². The molecule has 2 nitrogen and oxygen atoms in total. The molecule has 1 aromatic rings. The standard InChI is InChI=1S/C16H24F3NO/c1-12-6-5-7-13(8-12)14(9-20-15(2,3)4)10-21-11-16(17,18)19/h5-8,14,20H,9-11H2,1-4H3. The summed E-state index contributed by atoms with van der Waals surface area (Å²) in [7, 11) is 0. The molecule has 1 unspecified atom stereocenters. The minimum Gasteiger partial charge on any atom is -0.371 e. The van der Waals surface area contributed by atoms with Gasteiger partial charge in [0.15, 0.2) is 0 Å². The highest BCUT2D eigenvalue weighted by Gasteiger charge is 2.28. The summed E-state index contributed by atoms with van der Waals surface area (Å²) >= 11 is 0. The number of rotatable bonds is 6. The molecule has 0 aliphatic rings. The van der Waals surface area contributed by atoms with Crippen molar-refractivity contribution in [1.82, 2.24) is 5.32 Å². The number of nitrogens with one attached hydrogen (secondary N) is 1. The molecule has 5 heteroatoms. The lowest BCUT2D eigenvalue weighted by Gasteiger charge is -2.26. The average Bonchev–Trinajstić information content (AvgIpc) is 2.30. The average molecular weight is 303 g/mol. The van der Waals surface area contributed by atoms with Crippen LogP contribution in [0.3, 0.4) is 0 Å². The van der Waals surface area contributed by atoms with Crippen LogP contribution in [0.5, 0.6) is 0 Å². The third-order valence-electron chi connectivity index (χ3n) is 2.98. The molecule has 0 saturated heterocycles. The third kappa shape index (κ3) is 8.07. The lowest BCUT2D eigenvalue weighted by atomic mass is 9.97. The molecular formula is C16H24F3NO. The molecule has 0 radical (unpaired) electrons. The molecule has 0 saturated carbocycles. The van der Waals surface area contributed by atoms with E-state index in [1.165, 1.54) is 0 Å². The van der Waals surface area contributed by atoms with E-state index in [1.54, 1.807) is 0 Å². The van der Waals surface area contributed by atoms with E-state index >= 15 is 0 Å². The highest BCUT2D eigenvalue weighted by molar-refractivity contribution is 5.26. The number of benzene rings is 1. The zero-order chi connectivity index (χ0) is 16.1. The van der Waals surface area contributed by atoms with Crippen LogP contribution in [0.15, 0.2) is 24.3 Å². The summed E-state index contributed by atoms with van der Waals surface area (Å²) in [6.45, 7) is 7.46. The number of hydrogen-bond donors (Lipinski definition) is 1. The predicted molar refractivity (Wildman–Crippen MR) is 78.5 cm³/mol. The second-order valence-electron chi connectivity index (χ2n) is 6.37. The van der Waals surface area contributed by atoms with Crippen molar-refractivity contribution in [1.29, 1.82) is 0 Å². The van der Waals surface area contributed by atoms with Gasteiger partial charge in [-0.2, -0.15) is 13.2 Å². The van der Waals surface area contributed by atoms with Crippen LogP contribution in [-0.4, -0.2) is 31.5 Å². The van der Waals surface area contributed by atoms with Crippen LogP contribution in [0.1, 0.15) is 37.8 Å². The van der Waals surface area contributed by atoms with Gasteiger partial charge in [0.1, 0.15) is 6.61 Å². The number of halogens is 3. The highest BCUT2D eigenvalue weighted by Crippen LogP contribution is 2.20. The monoisotopic (exact) mass is 303 g/mol. The maximum Gasteiger partial charge on any atom is 0.411 e. The molecule has 1 aromatic carbocycles. The first-order valence-electron chi connectivity index (χ1n) is 7.03. The Morgan fingerprint density at radius 1 is 1.19 bits per heavy atom. The number of aryl methyl sites for hydroxylation is 1. The molecule has 0 aromatic heterocycles. The Balaban J connectivity index is 2.70. The molecule has 0 bridgehead atoms.